The zero-order chi connectivity index (χ0) is 15.7. The van der Waals surface area contributed by atoms with Crippen molar-refractivity contribution in [1.82, 2.24) is 25.1 Å². The Balaban J connectivity index is 1.80. The number of tetrazole rings is 1. The molecule has 0 bridgehead atoms. The first-order chi connectivity index (χ1) is 10.6. The Morgan fingerprint density at radius 1 is 1.36 bits per heavy atom. The number of carboxylic acids is 1. The first kappa shape index (κ1) is 14.5. The third kappa shape index (κ3) is 2.64. The van der Waals surface area contributed by atoms with Gasteiger partial charge in [0.1, 0.15) is 6.33 Å². The lowest BCUT2D eigenvalue weighted by atomic mass is 10.1. The average molecular weight is 322 g/mol. The van der Waals surface area contributed by atoms with Crippen molar-refractivity contribution in [1.29, 1.82) is 0 Å². The van der Waals surface area contributed by atoms with Crippen molar-refractivity contribution in [3.8, 4) is 5.69 Å². The second-order valence-electron chi connectivity index (χ2n) is 4.99. The highest BCUT2D eigenvalue weighted by atomic mass is 35.5. The summed E-state index contributed by atoms with van der Waals surface area (Å²) >= 11 is 6.17. The molecule has 1 aliphatic rings. The van der Waals surface area contributed by atoms with Crippen LogP contribution in [0.25, 0.3) is 5.69 Å². The van der Waals surface area contributed by atoms with E-state index in [2.05, 4.69) is 15.5 Å². The van der Waals surface area contributed by atoms with Crippen LogP contribution in [-0.2, 0) is 4.79 Å². The van der Waals surface area contributed by atoms with E-state index >= 15 is 0 Å². The highest BCUT2D eigenvalue weighted by molar-refractivity contribution is 6.34. The van der Waals surface area contributed by atoms with Gasteiger partial charge in [0.05, 0.1) is 22.2 Å². The summed E-state index contributed by atoms with van der Waals surface area (Å²) in [6.07, 6.45) is 1.88. The maximum Gasteiger partial charge on any atom is 0.308 e. The van der Waals surface area contributed by atoms with Gasteiger partial charge in [-0.3, -0.25) is 9.59 Å². The molecule has 1 atom stereocenters. The van der Waals surface area contributed by atoms with Crippen LogP contribution in [0.1, 0.15) is 16.8 Å². The molecule has 1 aromatic heterocycles. The molecular formula is C13H12ClN5O3. The quantitative estimate of drug-likeness (QED) is 0.899. The molecule has 2 aromatic rings. The van der Waals surface area contributed by atoms with Gasteiger partial charge < -0.3 is 10.0 Å². The second-order valence-corrected chi connectivity index (χ2v) is 5.40. The molecular weight excluding hydrogens is 310 g/mol. The van der Waals surface area contributed by atoms with Crippen LogP contribution in [0, 0.1) is 5.92 Å². The predicted octanol–water partition coefficient (Wildman–Crippen LogP) is 0.862. The summed E-state index contributed by atoms with van der Waals surface area (Å²) in [7, 11) is 0. The van der Waals surface area contributed by atoms with Gasteiger partial charge >= 0.3 is 5.97 Å². The Morgan fingerprint density at radius 2 is 2.18 bits per heavy atom. The van der Waals surface area contributed by atoms with Crippen LogP contribution in [0.3, 0.4) is 0 Å². The van der Waals surface area contributed by atoms with Crippen molar-refractivity contribution in [3.63, 3.8) is 0 Å². The van der Waals surface area contributed by atoms with E-state index in [0.29, 0.717) is 24.2 Å². The molecule has 0 saturated carbocycles. The molecule has 1 fully saturated rings. The molecule has 1 aromatic carbocycles. The number of benzene rings is 1. The number of carbonyl (C=O) groups excluding carboxylic acids is 1. The smallest absolute Gasteiger partial charge is 0.308 e. The van der Waals surface area contributed by atoms with Gasteiger partial charge in [0.15, 0.2) is 0 Å². The lowest BCUT2D eigenvalue weighted by Crippen LogP contribution is -2.30. The van der Waals surface area contributed by atoms with Gasteiger partial charge in [-0.15, -0.1) is 5.10 Å². The fourth-order valence-corrected chi connectivity index (χ4v) is 2.67. The lowest BCUT2D eigenvalue weighted by molar-refractivity contribution is -0.141. The SMILES string of the molecule is O=C(O)C1CCN(C(=O)c2ccc(-n3cnnn3)cc2Cl)C1. The number of halogens is 1. The highest BCUT2D eigenvalue weighted by Crippen LogP contribution is 2.24. The number of aromatic nitrogens is 4. The predicted molar refractivity (Wildman–Crippen MR) is 75.8 cm³/mol. The highest BCUT2D eigenvalue weighted by Gasteiger charge is 2.31. The van der Waals surface area contributed by atoms with E-state index in [1.807, 2.05) is 0 Å². The molecule has 3 rings (SSSR count). The molecule has 8 nitrogen and oxygen atoms in total. The van der Waals surface area contributed by atoms with E-state index in [9.17, 15) is 9.59 Å². The second kappa shape index (κ2) is 5.72. The Hall–Kier alpha value is -2.48. The zero-order valence-corrected chi connectivity index (χ0v) is 12.1. The lowest BCUT2D eigenvalue weighted by Gasteiger charge is -2.17. The summed E-state index contributed by atoms with van der Waals surface area (Å²) in [5.74, 6) is -1.66. The van der Waals surface area contributed by atoms with E-state index in [4.69, 9.17) is 16.7 Å². The van der Waals surface area contributed by atoms with Gasteiger partial charge in [-0.2, -0.15) is 0 Å². The minimum Gasteiger partial charge on any atom is -0.481 e. The largest absolute Gasteiger partial charge is 0.481 e. The van der Waals surface area contributed by atoms with Crippen LogP contribution in [0.2, 0.25) is 5.02 Å². The number of carboxylic acid groups (broad SMARTS) is 1. The fourth-order valence-electron chi connectivity index (χ4n) is 2.42. The molecule has 9 heteroatoms. The van der Waals surface area contributed by atoms with E-state index in [1.165, 1.54) is 15.9 Å². The van der Waals surface area contributed by atoms with Gasteiger partial charge in [-0.05, 0) is 35.0 Å². The van der Waals surface area contributed by atoms with Crippen LogP contribution >= 0.6 is 11.6 Å². The minimum atomic E-state index is -0.879. The summed E-state index contributed by atoms with van der Waals surface area (Å²) in [5.41, 5.74) is 0.973. The number of likely N-dealkylation sites (tertiary alicyclic amines) is 1. The Morgan fingerprint density at radius 3 is 2.77 bits per heavy atom. The molecule has 0 spiro atoms. The number of hydrogen-bond donors (Lipinski definition) is 1. The van der Waals surface area contributed by atoms with E-state index in [1.54, 1.807) is 18.2 Å². The molecule has 22 heavy (non-hydrogen) atoms. The molecule has 1 amide bonds. The van der Waals surface area contributed by atoms with Gasteiger partial charge in [0.25, 0.3) is 5.91 Å². The Bertz CT molecular complexity index is 718. The number of nitrogens with zero attached hydrogens (tertiary/aromatic N) is 5. The number of aliphatic carboxylic acids is 1. The standard InChI is InChI=1S/C13H12ClN5O3/c14-11-5-9(19-7-15-16-17-19)1-2-10(11)12(20)18-4-3-8(6-18)13(21)22/h1-2,5,7-8H,3-4,6H2,(H,21,22). The Labute approximate surface area is 130 Å². The number of amides is 1. The maximum atomic E-state index is 12.4. The van der Waals surface area contributed by atoms with Crippen LogP contribution < -0.4 is 0 Å². The first-order valence-electron chi connectivity index (χ1n) is 6.61. The topological polar surface area (TPSA) is 101 Å². The number of carbonyl (C=O) groups is 2. The monoisotopic (exact) mass is 321 g/mol. The van der Waals surface area contributed by atoms with Crippen LogP contribution in [0.4, 0.5) is 0 Å². The number of rotatable bonds is 3. The molecule has 0 aliphatic carbocycles. The Kier molecular flexibility index (Phi) is 3.76. The van der Waals surface area contributed by atoms with E-state index in [0.717, 1.165) is 0 Å². The van der Waals surface area contributed by atoms with Gasteiger partial charge in [-0.1, -0.05) is 11.6 Å². The van der Waals surface area contributed by atoms with Crippen molar-refractivity contribution in [2.75, 3.05) is 13.1 Å². The van der Waals surface area contributed by atoms with Gasteiger partial charge in [0.2, 0.25) is 0 Å². The average Bonchev–Trinajstić information content (AvgIpc) is 3.18. The van der Waals surface area contributed by atoms with Crippen molar-refractivity contribution < 1.29 is 14.7 Å². The van der Waals surface area contributed by atoms with Crippen LogP contribution in [0.15, 0.2) is 24.5 Å². The summed E-state index contributed by atoms with van der Waals surface area (Å²) < 4.78 is 1.43. The fraction of sp³-hybridized carbons (Fsp3) is 0.308. The maximum absolute atomic E-state index is 12.4. The summed E-state index contributed by atoms with van der Waals surface area (Å²) in [6, 6.07) is 4.87. The molecule has 0 radical (unpaired) electrons. The summed E-state index contributed by atoms with van der Waals surface area (Å²) in [4.78, 5) is 24.9. The van der Waals surface area contributed by atoms with Crippen molar-refractivity contribution in [2.24, 2.45) is 5.92 Å². The molecule has 1 saturated heterocycles. The molecule has 114 valence electrons. The normalized spacial score (nSPS) is 17.7. The third-order valence-corrected chi connectivity index (χ3v) is 3.93. The molecule has 2 heterocycles. The summed E-state index contributed by atoms with van der Waals surface area (Å²) in [5, 5.41) is 20.1. The van der Waals surface area contributed by atoms with Gasteiger partial charge in [-0.25, -0.2) is 4.68 Å². The first-order valence-corrected chi connectivity index (χ1v) is 6.99. The third-order valence-electron chi connectivity index (χ3n) is 3.62. The zero-order valence-electron chi connectivity index (χ0n) is 11.4. The van der Waals surface area contributed by atoms with Crippen molar-refractivity contribution >= 4 is 23.5 Å². The molecule has 1 N–H and O–H groups in total. The molecule has 1 aliphatic heterocycles. The summed E-state index contributed by atoms with van der Waals surface area (Å²) in [6.45, 7) is 0.625. The van der Waals surface area contributed by atoms with Crippen molar-refractivity contribution in [2.45, 2.75) is 6.42 Å². The van der Waals surface area contributed by atoms with E-state index < -0.39 is 11.9 Å². The number of hydrogen-bond acceptors (Lipinski definition) is 5. The van der Waals surface area contributed by atoms with E-state index in [-0.39, 0.29) is 17.5 Å². The van der Waals surface area contributed by atoms with Gasteiger partial charge in [0, 0.05) is 13.1 Å². The minimum absolute atomic E-state index is 0.208. The van der Waals surface area contributed by atoms with Crippen LogP contribution in [-0.4, -0.2) is 55.2 Å². The van der Waals surface area contributed by atoms with Crippen molar-refractivity contribution in [3.05, 3.63) is 35.1 Å². The van der Waals surface area contributed by atoms with Crippen LogP contribution in [0.5, 0.6) is 0 Å². The molecule has 1 unspecified atom stereocenters.